The number of fused-ring (bicyclic) bond motifs is 2. The Morgan fingerprint density at radius 1 is 1.43 bits per heavy atom. The molecule has 1 aromatic heterocycles. The molecule has 0 aromatic carbocycles. The van der Waals surface area contributed by atoms with Crippen molar-refractivity contribution in [1.29, 1.82) is 0 Å². The number of carbonyl (C=O) groups is 1. The van der Waals surface area contributed by atoms with Gasteiger partial charge in [0.05, 0.1) is 12.2 Å². The van der Waals surface area contributed by atoms with Crippen LogP contribution in [0.2, 0.25) is 5.28 Å². The molecule has 5 nitrogen and oxygen atoms in total. The van der Waals surface area contributed by atoms with Crippen LogP contribution in [0.15, 0.2) is 12.3 Å². The summed E-state index contributed by atoms with van der Waals surface area (Å²) in [6.07, 6.45) is 4.91. The Hall–Kier alpha value is -1.69. The van der Waals surface area contributed by atoms with Crippen LogP contribution in [-0.4, -0.2) is 38.6 Å². The number of halogens is 2. The lowest BCUT2D eigenvalue weighted by molar-refractivity contribution is 0.0175. The minimum absolute atomic E-state index is 0.00277. The summed E-state index contributed by atoms with van der Waals surface area (Å²) in [7, 11) is 0. The minimum atomic E-state index is -0.535. The van der Waals surface area contributed by atoms with Crippen molar-refractivity contribution in [2.24, 2.45) is 0 Å². The van der Waals surface area contributed by atoms with Crippen molar-refractivity contribution in [2.45, 2.75) is 57.7 Å². The van der Waals surface area contributed by atoms with Crippen molar-refractivity contribution < 1.29 is 13.9 Å². The molecule has 2 aliphatic rings. The zero-order valence-corrected chi connectivity index (χ0v) is 14.1. The molecule has 23 heavy (non-hydrogen) atoms. The van der Waals surface area contributed by atoms with Crippen molar-refractivity contribution in [1.82, 2.24) is 14.9 Å². The second-order valence-electron chi connectivity index (χ2n) is 6.92. The highest BCUT2D eigenvalue weighted by Gasteiger charge is 2.42. The van der Waals surface area contributed by atoms with E-state index in [1.54, 1.807) is 4.90 Å². The maximum Gasteiger partial charge on any atom is 0.411 e. The standard InChI is InChI=1S/C16H19ClFN3O2/c1-16(2,3)23-15(22)21-10-4-5-11(21)7-9(6-10)13-12(18)8-19-14(17)20-13/h6,8,10-11H,4-5,7H2,1-3H3. The van der Waals surface area contributed by atoms with E-state index in [0.29, 0.717) is 6.42 Å². The number of amides is 1. The van der Waals surface area contributed by atoms with Crippen molar-refractivity contribution >= 4 is 23.3 Å². The Morgan fingerprint density at radius 3 is 2.83 bits per heavy atom. The molecule has 2 bridgehead atoms. The number of aromatic nitrogens is 2. The van der Waals surface area contributed by atoms with Crippen LogP contribution in [0.3, 0.4) is 0 Å². The van der Waals surface area contributed by atoms with E-state index in [4.69, 9.17) is 16.3 Å². The Bertz CT molecular complexity index is 672. The van der Waals surface area contributed by atoms with Crippen LogP contribution in [0.5, 0.6) is 0 Å². The molecule has 1 fully saturated rings. The van der Waals surface area contributed by atoms with E-state index in [9.17, 15) is 9.18 Å². The van der Waals surface area contributed by atoms with Crippen LogP contribution in [0.25, 0.3) is 5.57 Å². The van der Waals surface area contributed by atoms with Gasteiger partial charge in [0.2, 0.25) is 5.28 Å². The fourth-order valence-corrected chi connectivity index (χ4v) is 3.31. The first-order valence-corrected chi connectivity index (χ1v) is 8.03. The van der Waals surface area contributed by atoms with Crippen molar-refractivity contribution in [2.75, 3.05) is 0 Å². The monoisotopic (exact) mass is 339 g/mol. The summed E-state index contributed by atoms with van der Waals surface area (Å²) in [5, 5.41) is 0.0178. The highest BCUT2D eigenvalue weighted by molar-refractivity contribution is 6.28. The van der Waals surface area contributed by atoms with E-state index >= 15 is 0 Å². The second kappa shape index (κ2) is 5.74. The number of ether oxygens (including phenoxy) is 1. The van der Waals surface area contributed by atoms with Gasteiger partial charge in [-0.1, -0.05) is 6.08 Å². The molecule has 7 heteroatoms. The maximum atomic E-state index is 14.0. The van der Waals surface area contributed by atoms with Crippen LogP contribution in [0.4, 0.5) is 9.18 Å². The number of carbonyl (C=O) groups excluding carboxylic acids is 1. The third-order valence-corrected chi connectivity index (χ3v) is 4.20. The molecule has 0 saturated carbocycles. The normalized spacial score (nSPS) is 23.7. The first kappa shape index (κ1) is 16.2. The number of nitrogens with zero attached hydrogens (tertiary/aromatic N) is 3. The summed E-state index contributed by atoms with van der Waals surface area (Å²) >= 11 is 5.78. The molecule has 0 spiro atoms. The first-order valence-electron chi connectivity index (χ1n) is 7.65. The fraction of sp³-hybridized carbons (Fsp3) is 0.562. The summed E-state index contributed by atoms with van der Waals surface area (Å²) in [5.74, 6) is -0.495. The van der Waals surface area contributed by atoms with Crippen molar-refractivity contribution in [3.63, 3.8) is 0 Å². The van der Waals surface area contributed by atoms with Gasteiger partial charge in [-0.25, -0.2) is 19.2 Å². The number of hydrogen-bond donors (Lipinski definition) is 0. The summed E-state index contributed by atoms with van der Waals surface area (Å²) in [4.78, 5) is 21.8. The summed E-state index contributed by atoms with van der Waals surface area (Å²) in [6.45, 7) is 5.53. The van der Waals surface area contributed by atoms with E-state index in [2.05, 4.69) is 9.97 Å². The predicted molar refractivity (Wildman–Crippen MR) is 84.5 cm³/mol. The lowest BCUT2D eigenvalue weighted by atomic mass is 9.98. The van der Waals surface area contributed by atoms with E-state index in [0.717, 1.165) is 24.6 Å². The fourth-order valence-electron chi connectivity index (χ4n) is 3.18. The van der Waals surface area contributed by atoms with Crippen LogP contribution in [0, 0.1) is 5.82 Å². The number of rotatable bonds is 1. The van der Waals surface area contributed by atoms with Crippen LogP contribution < -0.4 is 0 Å². The topological polar surface area (TPSA) is 55.3 Å². The van der Waals surface area contributed by atoms with Gasteiger partial charge in [0.25, 0.3) is 0 Å². The third-order valence-electron chi connectivity index (χ3n) is 4.02. The average molecular weight is 340 g/mol. The van der Waals surface area contributed by atoms with Gasteiger partial charge in [-0.15, -0.1) is 0 Å². The third kappa shape index (κ3) is 3.32. The lowest BCUT2D eigenvalue weighted by Crippen LogP contribution is -2.45. The molecular weight excluding hydrogens is 321 g/mol. The molecule has 0 N–H and O–H groups in total. The number of hydrogen-bond acceptors (Lipinski definition) is 4. The van der Waals surface area contributed by atoms with Gasteiger partial charge in [0.15, 0.2) is 5.82 Å². The van der Waals surface area contributed by atoms with Gasteiger partial charge in [-0.3, -0.25) is 4.90 Å². The molecule has 1 amide bonds. The van der Waals surface area contributed by atoms with E-state index in [1.165, 1.54) is 0 Å². The Balaban J connectivity index is 1.86. The van der Waals surface area contributed by atoms with Gasteiger partial charge in [0, 0.05) is 6.04 Å². The average Bonchev–Trinajstić information content (AvgIpc) is 2.71. The highest BCUT2D eigenvalue weighted by Crippen LogP contribution is 2.39. The molecule has 3 rings (SSSR count). The zero-order chi connectivity index (χ0) is 16.8. The largest absolute Gasteiger partial charge is 0.444 e. The van der Waals surface area contributed by atoms with Gasteiger partial charge >= 0.3 is 6.09 Å². The molecule has 1 saturated heterocycles. The van der Waals surface area contributed by atoms with Crippen molar-refractivity contribution in [3.8, 4) is 0 Å². The highest BCUT2D eigenvalue weighted by atomic mass is 35.5. The molecule has 2 aliphatic heterocycles. The van der Waals surface area contributed by atoms with Crippen LogP contribution in [0.1, 0.15) is 45.7 Å². The summed E-state index contributed by atoms with van der Waals surface area (Å²) in [5.41, 5.74) is 0.470. The van der Waals surface area contributed by atoms with Gasteiger partial charge in [-0.05, 0) is 57.2 Å². The maximum absolute atomic E-state index is 14.0. The van der Waals surface area contributed by atoms with E-state index < -0.39 is 11.4 Å². The molecule has 3 heterocycles. The smallest absolute Gasteiger partial charge is 0.411 e. The lowest BCUT2D eigenvalue weighted by Gasteiger charge is -2.35. The van der Waals surface area contributed by atoms with E-state index in [1.807, 2.05) is 26.8 Å². The second-order valence-corrected chi connectivity index (χ2v) is 7.26. The first-order chi connectivity index (χ1) is 10.7. The van der Waals surface area contributed by atoms with E-state index in [-0.39, 0.29) is 29.2 Å². The molecular formula is C16H19ClFN3O2. The molecule has 0 aliphatic carbocycles. The van der Waals surface area contributed by atoms with Crippen LogP contribution in [-0.2, 0) is 4.74 Å². The van der Waals surface area contributed by atoms with Gasteiger partial charge in [-0.2, -0.15) is 0 Å². The van der Waals surface area contributed by atoms with Crippen molar-refractivity contribution in [3.05, 3.63) is 29.1 Å². The molecule has 124 valence electrons. The Kier molecular flexibility index (Phi) is 4.04. The quantitative estimate of drug-likeness (QED) is 0.730. The molecule has 0 radical (unpaired) electrons. The molecule has 2 atom stereocenters. The predicted octanol–water partition coefficient (Wildman–Crippen LogP) is 3.82. The minimum Gasteiger partial charge on any atom is -0.444 e. The molecule has 2 unspecified atom stereocenters. The Morgan fingerprint density at radius 2 is 2.17 bits per heavy atom. The van der Waals surface area contributed by atoms with Crippen LogP contribution >= 0.6 is 11.6 Å². The zero-order valence-electron chi connectivity index (χ0n) is 13.3. The SMILES string of the molecule is CC(C)(C)OC(=O)N1C2C=C(c3nc(Cl)ncc3F)CC1CC2. The van der Waals surface area contributed by atoms with Gasteiger partial charge < -0.3 is 4.74 Å². The van der Waals surface area contributed by atoms with Gasteiger partial charge in [0.1, 0.15) is 11.3 Å². The molecule has 1 aromatic rings. The Labute approximate surface area is 139 Å². The summed E-state index contributed by atoms with van der Waals surface area (Å²) < 4.78 is 19.5. The summed E-state index contributed by atoms with van der Waals surface area (Å²) in [6, 6.07) is -0.0882.